The number of nitrogens with zero attached hydrogens (tertiary/aromatic N) is 4. The van der Waals surface area contributed by atoms with Crippen LogP contribution in [0.3, 0.4) is 0 Å². The summed E-state index contributed by atoms with van der Waals surface area (Å²) in [7, 11) is 0. The smallest absolute Gasteiger partial charge is 0.253 e. The number of halogens is 1. The predicted molar refractivity (Wildman–Crippen MR) is 119 cm³/mol. The van der Waals surface area contributed by atoms with Gasteiger partial charge in [-0.25, -0.2) is 0 Å². The van der Waals surface area contributed by atoms with Crippen LogP contribution in [0.25, 0.3) is 11.4 Å². The molecule has 7 nitrogen and oxygen atoms in total. The summed E-state index contributed by atoms with van der Waals surface area (Å²) in [4.78, 5) is 21.9. The molecule has 4 rings (SSSR count). The number of benzene rings is 1. The van der Waals surface area contributed by atoms with Crippen LogP contribution in [0.1, 0.15) is 43.4 Å². The van der Waals surface area contributed by atoms with Gasteiger partial charge < -0.3 is 14.7 Å². The van der Waals surface area contributed by atoms with Crippen LogP contribution in [0, 0.1) is 5.41 Å². The monoisotopic (exact) mass is 433 g/mol. The van der Waals surface area contributed by atoms with Crippen LogP contribution in [0.5, 0.6) is 0 Å². The fourth-order valence-electron chi connectivity index (χ4n) is 4.11. The molecule has 1 amide bonds. The van der Waals surface area contributed by atoms with Crippen LogP contribution in [0.4, 0.5) is 0 Å². The quantitative estimate of drug-likeness (QED) is 0.799. The molecule has 1 N–H and O–H groups in total. The molecule has 0 bridgehead atoms. The maximum atomic E-state index is 12.9. The van der Waals surface area contributed by atoms with E-state index in [1.54, 1.807) is 0 Å². The molecule has 2 aliphatic rings. The molecule has 0 saturated carbocycles. The van der Waals surface area contributed by atoms with E-state index in [0.717, 1.165) is 57.7 Å². The van der Waals surface area contributed by atoms with Gasteiger partial charge in [0.1, 0.15) is 0 Å². The van der Waals surface area contributed by atoms with Crippen molar-refractivity contribution >= 4 is 18.3 Å². The van der Waals surface area contributed by atoms with Gasteiger partial charge in [0.25, 0.3) is 5.91 Å². The van der Waals surface area contributed by atoms with Crippen molar-refractivity contribution in [3.05, 3.63) is 35.7 Å². The van der Waals surface area contributed by atoms with E-state index in [4.69, 9.17) is 4.52 Å². The second-order valence-electron chi connectivity index (χ2n) is 9.31. The first-order chi connectivity index (χ1) is 13.9. The molecule has 1 unspecified atom stereocenters. The van der Waals surface area contributed by atoms with Crippen molar-refractivity contribution in [1.82, 2.24) is 25.3 Å². The van der Waals surface area contributed by atoms with E-state index in [-0.39, 0.29) is 23.7 Å². The molecule has 2 fully saturated rings. The summed E-state index contributed by atoms with van der Waals surface area (Å²) in [5, 5.41) is 7.48. The van der Waals surface area contributed by atoms with E-state index in [1.807, 2.05) is 29.2 Å². The standard InChI is InChI=1S/C22H31N5O2.ClH/c1-22(2,3)14-19-24-20(25-29-19)16-4-6-17(7-5-16)21(28)27-11-8-18(15-27)26-12-9-23-10-13-26;/h4-7,18,23H,8-15H2,1-3H3;1H. The molecule has 2 saturated heterocycles. The van der Waals surface area contributed by atoms with E-state index < -0.39 is 0 Å². The van der Waals surface area contributed by atoms with Crippen LogP contribution >= 0.6 is 12.4 Å². The fraction of sp³-hybridized carbons (Fsp3) is 0.591. The molecule has 1 aromatic heterocycles. The number of rotatable bonds is 4. The molecule has 30 heavy (non-hydrogen) atoms. The second-order valence-corrected chi connectivity index (χ2v) is 9.31. The summed E-state index contributed by atoms with van der Waals surface area (Å²) in [5.41, 5.74) is 1.68. The number of hydrogen-bond donors (Lipinski definition) is 1. The van der Waals surface area contributed by atoms with E-state index in [9.17, 15) is 4.79 Å². The molecule has 8 heteroatoms. The van der Waals surface area contributed by atoms with E-state index in [2.05, 4.69) is 41.1 Å². The highest BCUT2D eigenvalue weighted by molar-refractivity contribution is 5.94. The number of likely N-dealkylation sites (tertiary alicyclic amines) is 1. The highest BCUT2D eigenvalue weighted by atomic mass is 35.5. The summed E-state index contributed by atoms with van der Waals surface area (Å²) in [6.45, 7) is 12.3. The van der Waals surface area contributed by atoms with Crippen molar-refractivity contribution in [2.45, 2.75) is 39.7 Å². The Bertz CT molecular complexity index is 840. The maximum absolute atomic E-state index is 12.9. The number of nitrogens with one attached hydrogen (secondary N) is 1. The average molecular weight is 434 g/mol. The molecule has 1 aromatic carbocycles. The first kappa shape index (κ1) is 22.7. The minimum atomic E-state index is 0. The zero-order valence-corrected chi connectivity index (χ0v) is 18.9. The Morgan fingerprint density at radius 2 is 1.87 bits per heavy atom. The largest absolute Gasteiger partial charge is 0.339 e. The normalized spacial score (nSPS) is 20.2. The van der Waals surface area contributed by atoms with Gasteiger partial charge in [0.15, 0.2) is 0 Å². The van der Waals surface area contributed by atoms with Crippen LogP contribution in [0.2, 0.25) is 0 Å². The average Bonchev–Trinajstić information content (AvgIpc) is 3.37. The Kier molecular flexibility index (Phi) is 7.16. The molecular formula is C22H32ClN5O2. The molecular weight excluding hydrogens is 402 g/mol. The van der Waals surface area contributed by atoms with Crippen molar-refractivity contribution < 1.29 is 9.32 Å². The van der Waals surface area contributed by atoms with Gasteiger partial charge in [-0.1, -0.05) is 38.1 Å². The third-order valence-electron chi connectivity index (χ3n) is 5.66. The Labute approximate surface area is 184 Å². The van der Waals surface area contributed by atoms with Gasteiger partial charge in [0.05, 0.1) is 0 Å². The van der Waals surface area contributed by atoms with E-state index >= 15 is 0 Å². The Morgan fingerprint density at radius 3 is 2.53 bits per heavy atom. The third kappa shape index (κ3) is 5.39. The molecule has 3 heterocycles. The minimum absolute atomic E-state index is 0. The SMILES string of the molecule is CC(C)(C)Cc1nc(-c2ccc(C(=O)N3CCC(N4CCNCC4)C3)cc2)no1.Cl. The van der Waals surface area contributed by atoms with Crippen molar-refractivity contribution in [2.24, 2.45) is 5.41 Å². The summed E-state index contributed by atoms with van der Waals surface area (Å²) in [5.74, 6) is 1.32. The third-order valence-corrected chi connectivity index (χ3v) is 5.66. The number of carbonyl (C=O) groups excluding carboxylic acids is 1. The predicted octanol–water partition coefficient (Wildman–Crippen LogP) is 2.87. The molecule has 2 aromatic rings. The highest BCUT2D eigenvalue weighted by Crippen LogP contribution is 2.23. The zero-order chi connectivity index (χ0) is 20.4. The molecule has 1 atom stereocenters. The lowest BCUT2D eigenvalue weighted by molar-refractivity contribution is 0.0773. The Morgan fingerprint density at radius 1 is 1.17 bits per heavy atom. The lowest BCUT2D eigenvalue weighted by Crippen LogP contribution is -2.49. The first-order valence-electron chi connectivity index (χ1n) is 10.6. The van der Waals surface area contributed by atoms with Gasteiger partial charge in [-0.05, 0) is 24.0 Å². The zero-order valence-electron chi connectivity index (χ0n) is 18.1. The number of amides is 1. The van der Waals surface area contributed by atoms with Crippen LogP contribution in [-0.4, -0.2) is 71.2 Å². The highest BCUT2D eigenvalue weighted by Gasteiger charge is 2.31. The summed E-state index contributed by atoms with van der Waals surface area (Å²) < 4.78 is 5.38. The Hall–Kier alpha value is -1.96. The summed E-state index contributed by atoms with van der Waals surface area (Å²) >= 11 is 0. The van der Waals surface area contributed by atoms with E-state index in [1.165, 1.54) is 0 Å². The van der Waals surface area contributed by atoms with E-state index in [0.29, 0.717) is 23.3 Å². The molecule has 0 radical (unpaired) electrons. The van der Waals surface area contributed by atoms with Crippen LogP contribution in [-0.2, 0) is 6.42 Å². The lowest BCUT2D eigenvalue weighted by Gasteiger charge is -2.32. The molecule has 0 spiro atoms. The number of aromatic nitrogens is 2. The van der Waals surface area contributed by atoms with Gasteiger partial charge in [-0.15, -0.1) is 12.4 Å². The van der Waals surface area contributed by atoms with Crippen LogP contribution < -0.4 is 5.32 Å². The molecule has 2 aliphatic heterocycles. The van der Waals surface area contributed by atoms with Crippen molar-refractivity contribution in [2.75, 3.05) is 39.3 Å². The van der Waals surface area contributed by atoms with Crippen molar-refractivity contribution in [1.29, 1.82) is 0 Å². The lowest BCUT2D eigenvalue weighted by atomic mass is 9.92. The van der Waals surface area contributed by atoms with Gasteiger partial charge in [0, 0.05) is 62.9 Å². The fourth-order valence-corrected chi connectivity index (χ4v) is 4.11. The van der Waals surface area contributed by atoms with Crippen molar-refractivity contribution in [3.63, 3.8) is 0 Å². The molecule has 164 valence electrons. The maximum Gasteiger partial charge on any atom is 0.253 e. The number of hydrogen-bond acceptors (Lipinski definition) is 6. The topological polar surface area (TPSA) is 74.5 Å². The number of carbonyl (C=O) groups is 1. The summed E-state index contributed by atoms with van der Waals surface area (Å²) in [6, 6.07) is 8.04. The Balaban J connectivity index is 0.00000256. The van der Waals surface area contributed by atoms with Gasteiger partial charge in [-0.2, -0.15) is 4.98 Å². The summed E-state index contributed by atoms with van der Waals surface area (Å²) in [6.07, 6.45) is 1.79. The minimum Gasteiger partial charge on any atom is -0.339 e. The van der Waals surface area contributed by atoms with Gasteiger partial charge in [0.2, 0.25) is 11.7 Å². The van der Waals surface area contributed by atoms with Crippen molar-refractivity contribution in [3.8, 4) is 11.4 Å². The molecule has 0 aliphatic carbocycles. The first-order valence-corrected chi connectivity index (χ1v) is 10.6. The van der Waals surface area contributed by atoms with Gasteiger partial charge in [-0.3, -0.25) is 9.69 Å². The van der Waals surface area contributed by atoms with Gasteiger partial charge >= 0.3 is 0 Å². The number of piperazine rings is 1. The second kappa shape index (κ2) is 9.45. The van der Waals surface area contributed by atoms with Crippen LogP contribution in [0.15, 0.2) is 28.8 Å².